The Balaban J connectivity index is 2.71. The number of pyridine rings is 1. The molecule has 5 nitrogen and oxygen atoms in total. The van der Waals surface area contributed by atoms with Gasteiger partial charge in [-0.25, -0.2) is 4.98 Å². The molecule has 2 aromatic heterocycles. The fourth-order valence-corrected chi connectivity index (χ4v) is 1.45. The van der Waals surface area contributed by atoms with Crippen molar-refractivity contribution in [3.63, 3.8) is 0 Å². The molecule has 15 heavy (non-hydrogen) atoms. The minimum atomic E-state index is 0.440. The number of aromatic nitrogens is 2. The van der Waals surface area contributed by atoms with Crippen molar-refractivity contribution >= 4 is 17.7 Å². The summed E-state index contributed by atoms with van der Waals surface area (Å²) >= 11 is 0. The number of hydrogen-bond donors (Lipinski definition) is 1. The average Bonchev–Trinajstić information content (AvgIpc) is 2.57. The largest absolute Gasteiger partial charge is 0.327 e. The van der Waals surface area contributed by atoms with Crippen LogP contribution >= 0.6 is 0 Å². The first kappa shape index (κ1) is 9.21. The number of hydrogen-bond acceptors (Lipinski definition) is 3. The first-order valence-electron chi connectivity index (χ1n) is 4.34. The highest BCUT2D eigenvalue weighted by Crippen LogP contribution is 2.15. The number of carbonyl (C=O) groups excluding carboxylic acids is 1. The topological polar surface area (TPSA) is 70.2 Å². The van der Waals surface area contributed by atoms with Crippen molar-refractivity contribution in [3.05, 3.63) is 29.7 Å². The van der Waals surface area contributed by atoms with E-state index in [-0.39, 0.29) is 0 Å². The number of anilines is 1. The quantitative estimate of drug-likeness (QED) is 0.737. The van der Waals surface area contributed by atoms with Gasteiger partial charge < -0.3 is 9.72 Å². The molecule has 1 N–H and O–H groups in total. The predicted molar refractivity (Wildman–Crippen MR) is 54.3 cm³/mol. The third kappa shape index (κ3) is 1.53. The van der Waals surface area contributed by atoms with E-state index in [2.05, 4.69) is 10.3 Å². The number of aryl methyl sites for hydroxylation is 1. The Kier molecular flexibility index (Phi) is 2.10. The smallest absolute Gasteiger partial charge is 0.211 e. The van der Waals surface area contributed by atoms with Crippen molar-refractivity contribution in [2.45, 2.75) is 6.92 Å². The van der Waals surface area contributed by atoms with Crippen LogP contribution in [-0.4, -0.2) is 15.8 Å². The number of amides is 1. The molecule has 0 saturated heterocycles. The van der Waals surface area contributed by atoms with Gasteiger partial charge in [-0.3, -0.25) is 4.79 Å². The maximum atomic E-state index is 10.3. The summed E-state index contributed by atoms with van der Waals surface area (Å²) in [5.41, 5.74) is 2.45. The molecule has 2 heterocycles. The van der Waals surface area contributed by atoms with E-state index >= 15 is 0 Å². The van der Waals surface area contributed by atoms with Gasteiger partial charge in [0.15, 0.2) is 5.65 Å². The SMILES string of the molecule is Cc1cn2cc(NC=O)cc(C#N)c2n1. The van der Waals surface area contributed by atoms with Crippen LogP contribution in [0.5, 0.6) is 0 Å². The molecule has 0 atom stereocenters. The molecule has 2 aromatic rings. The lowest BCUT2D eigenvalue weighted by molar-refractivity contribution is -0.105. The summed E-state index contributed by atoms with van der Waals surface area (Å²) in [6.07, 6.45) is 4.09. The van der Waals surface area contributed by atoms with Gasteiger partial charge in [-0.05, 0) is 13.0 Å². The van der Waals surface area contributed by atoms with Crippen LogP contribution in [0.2, 0.25) is 0 Å². The molecule has 74 valence electrons. The fourth-order valence-electron chi connectivity index (χ4n) is 1.45. The minimum Gasteiger partial charge on any atom is -0.327 e. The highest BCUT2D eigenvalue weighted by molar-refractivity contribution is 5.73. The van der Waals surface area contributed by atoms with Gasteiger partial charge in [0.25, 0.3) is 0 Å². The van der Waals surface area contributed by atoms with Crippen molar-refractivity contribution < 1.29 is 4.79 Å². The van der Waals surface area contributed by atoms with Gasteiger partial charge in [0.2, 0.25) is 6.41 Å². The number of carbonyl (C=O) groups is 1. The minimum absolute atomic E-state index is 0.440. The van der Waals surface area contributed by atoms with Crippen molar-refractivity contribution in [1.29, 1.82) is 5.26 Å². The summed E-state index contributed by atoms with van der Waals surface area (Å²) < 4.78 is 1.72. The Hall–Kier alpha value is -2.35. The Bertz CT molecular complexity index is 565. The van der Waals surface area contributed by atoms with Gasteiger partial charge >= 0.3 is 0 Å². The van der Waals surface area contributed by atoms with Crippen LogP contribution in [0.1, 0.15) is 11.3 Å². The van der Waals surface area contributed by atoms with E-state index in [9.17, 15) is 4.79 Å². The average molecular weight is 200 g/mol. The summed E-state index contributed by atoms with van der Waals surface area (Å²) in [6, 6.07) is 3.64. The number of fused-ring (bicyclic) bond motifs is 1. The molecule has 2 rings (SSSR count). The molecular formula is C10H8N4O. The second-order valence-corrected chi connectivity index (χ2v) is 3.13. The zero-order valence-electron chi connectivity index (χ0n) is 8.06. The molecular weight excluding hydrogens is 192 g/mol. The molecule has 0 radical (unpaired) electrons. The van der Waals surface area contributed by atoms with Crippen molar-refractivity contribution in [1.82, 2.24) is 9.38 Å². The lowest BCUT2D eigenvalue weighted by atomic mass is 10.2. The van der Waals surface area contributed by atoms with Gasteiger partial charge in [-0.1, -0.05) is 0 Å². The van der Waals surface area contributed by atoms with Gasteiger partial charge in [0, 0.05) is 12.4 Å². The van der Waals surface area contributed by atoms with Gasteiger partial charge in [0.05, 0.1) is 16.9 Å². The third-order valence-corrected chi connectivity index (χ3v) is 2.02. The summed E-state index contributed by atoms with van der Waals surface area (Å²) in [5, 5.41) is 11.4. The Labute approximate surface area is 86.0 Å². The van der Waals surface area contributed by atoms with Crippen LogP contribution < -0.4 is 5.32 Å². The maximum absolute atomic E-state index is 10.3. The summed E-state index contributed by atoms with van der Waals surface area (Å²) in [6.45, 7) is 1.85. The zero-order chi connectivity index (χ0) is 10.8. The monoisotopic (exact) mass is 200 g/mol. The molecule has 0 aliphatic carbocycles. The summed E-state index contributed by atoms with van der Waals surface area (Å²) in [4.78, 5) is 14.5. The van der Waals surface area contributed by atoms with Crippen molar-refractivity contribution in [2.24, 2.45) is 0 Å². The molecule has 0 aliphatic heterocycles. The van der Waals surface area contributed by atoms with E-state index < -0.39 is 0 Å². The molecule has 0 aromatic carbocycles. The van der Waals surface area contributed by atoms with E-state index in [0.29, 0.717) is 23.3 Å². The van der Waals surface area contributed by atoms with Gasteiger partial charge in [0.1, 0.15) is 6.07 Å². The number of nitrogens with one attached hydrogen (secondary N) is 1. The number of imidazole rings is 1. The lowest BCUT2D eigenvalue weighted by Gasteiger charge is -2.01. The zero-order valence-corrected chi connectivity index (χ0v) is 8.06. The van der Waals surface area contributed by atoms with Crippen LogP contribution in [0.3, 0.4) is 0 Å². The predicted octanol–water partition coefficient (Wildman–Crippen LogP) is 1.08. The Morgan fingerprint density at radius 1 is 1.60 bits per heavy atom. The third-order valence-electron chi connectivity index (χ3n) is 2.02. The molecule has 0 fully saturated rings. The summed E-state index contributed by atoms with van der Waals surface area (Å²) in [5.74, 6) is 0. The summed E-state index contributed by atoms with van der Waals surface area (Å²) in [7, 11) is 0. The molecule has 0 saturated carbocycles. The highest BCUT2D eigenvalue weighted by atomic mass is 16.1. The standard InChI is InChI=1S/C10H8N4O/c1-7-4-14-5-9(12-6-15)2-8(3-11)10(14)13-7/h2,4-6H,1H3,(H,12,15). The number of rotatable bonds is 2. The first-order chi connectivity index (χ1) is 7.24. The Morgan fingerprint density at radius 2 is 2.40 bits per heavy atom. The van der Waals surface area contributed by atoms with E-state index in [0.717, 1.165) is 5.69 Å². The van der Waals surface area contributed by atoms with Crippen LogP contribution in [0.25, 0.3) is 5.65 Å². The highest BCUT2D eigenvalue weighted by Gasteiger charge is 2.06. The van der Waals surface area contributed by atoms with Crippen molar-refractivity contribution in [3.8, 4) is 6.07 Å². The second-order valence-electron chi connectivity index (χ2n) is 3.13. The normalized spacial score (nSPS) is 9.87. The van der Waals surface area contributed by atoms with Crippen molar-refractivity contribution in [2.75, 3.05) is 5.32 Å². The van der Waals surface area contributed by atoms with Gasteiger partial charge in [-0.2, -0.15) is 5.26 Å². The second kappa shape index (κ2) is 3.42. The van der Waals surface area contributed by atoms with Gasteiger partial charge in [-0.15, -0.1) is 0 Å². The van der Waals surface area contributed by atoms with Crippen LogP contribution in [0.15, 0.2) is 18.5 Å². The fraction of sp³-hybridized carbons (Fsp3) is 0.100. The lowest BCUT2D eigenvalue weighted by Crippen LogP contribution is -1.97. The number of nitriles is 1. The number of nitrogens with zero attached hydrogens (tertiary/aromatic N) is 3. The van der Waals surface area contributed by atoms with E-state index in [1.54, 1.807) is 22.9 Å². The van der Waals surface area contributed by atoms with E-state index in [4.69, 9.17) is 5.26 Å². The molecule has 0 bridgehead atoms. The van der Waals surface area contributed by atoms with Crippen LogP contribution in [0.4, 0.5) is 5.69 Å². The molecule has 5 heteroatoms. The molecule has 0 aliphatic rings. The molecule has 1 amide bonds. The van der Waals surface area contributed by atoms with Crippen LogP contribution in [-0.2, 0) is 4.79 Å². The first-order valence-corrected chi connectivity index (χ1v) is 4.34. The Morgan fingerprint density at radius 3 is 3.07 bits per heavy atom. The molecule has 0 spiro atoms. The van der Waals surface area contributed by atoms with Crippen LogP contribution in [0, 0.1) is 18.3 Å². The molecule has 0 unspecified atom stereocenters. The maximum Gasteiger partial charge on any atom is 0.211 e. The van der Waals surface area contributed by atoms with E-state index in [1.165, 1.54) is 0 Å². The van der Waals surface area contributed by atoms with E-state index in [1.807, 2.05) is 13.0 Å².